The predicted octanol–water partition coefficient (Wildman–Crippen LogP) is 2.89. The van der Waals surface area contributed by atoms with Crippen LogP contribution in [0.15, 0.2) is 18.2 Å². The zero-order chi connectivity index (χ0) is 11.1. The first-order valence-corrected chi connectivity index (χ1v) is 6.28. The number of rotatable bonds is 1. The van der Waals surface area contributed by atoms with Crippen LogP contribution in [-0.4, -0.2) is 12.1 Å². The summed E-state index contributed by atoms with van der Waals surface area (Å²) in [6.45, 7) is 4.94. The zero-order valence-electron chi connectivity index (χ0n) is 9.09. The van der Waals surface area contributed by atoms with Crippen LogP contribution < -0.4 is 10.5 Å². The van der Waals surface area contributed by atoms with Gasteiger partial charge in [0.2, 0.25) is 0 Å². The third-order valence-electron chi connectivity index (χ3n) is 2.82. The molecule has 0 aliphatic carbocycles. The van der Waals surface area contributed by atoms with Crippen LogP contribution in [0.5, 0.6) is 5.75 Å². The molecule has 3 heteroatoms. The van der Waals surface area contributed by atoms with E-state index in [1.54, 1.807) is 0 Å². The normalized spacial score (nSPS) is 23.1. The lowest BCUT2D eigenvalue weighted by Crippen LogP contribution is -2.37. The predicted molar refractivity (Wildman–Crippen MR) is 70.3 cm³/mol. The maximum atomic E-state index is 5.95. The third-order valence-corrected chi connectivity index (χ3v) is 3.49. The Morgan fingerprint density at radius 1 is 1.53 bits per heavy atom. The summed E-state index contributed by atoms with van der Waals surface area (Å²) >= 11 is 2.32. The molecule has 15 heavy (non-hydrogen) atoms. The largest absolute Gasteiger partial charge is 0.488 e. The summed E-state index contributed by atoms with van der Waals surface area (Å²) in [5.41, 5.74) is 7.01. The number of halogens is 1. The number of fused-ring (bicyclic) bond motifs is 1. The molecule has 2 nitrogen and oxygen atoms in total. The minimum Gasteiger partial charge on any atom is -0.488 e. The van der Waals surface area contributed by atoms with Gasteiger partial charge in [-0.2, -0.15) is 0 Å². The maximum Gasteiger partial charge on any atom is 0.123 e. The third kappa shape index (κ3) is 2.28. The van der Waals surface area contributed by atoms with Gasteiger partial charge in [0.15, 0.2) is 0 Å². The molecule has 0 bridgehead atoms. The van der Waals surface area contributed by atoms with Crippen molar-refractivity contribution in [3.05, 3.63) is 27.3 Å². The first-order chi connectivity index (χ1) is 7.02. The molecule has 2 rings (SSSR count). The molecule has 1 heterocycles. The van der Waals surface area contributed by atoms with Crippen molar-refractivity contribution < 1.29 is 4.74 Å². The minimum absolute atomic E-state index is 0.0934. The van der Waals surface area contributed by atoms with Gasteiger partial charge in [-0.1, -0.05) is 0 Å². The molecule has 0 amide bonds. The van der Waals surface area contributed by atoms with Gasteiger partial charge in [-0.25, -0.2) is 0 Å². The Hall–Kier alpha value is -0.290. The zero-order valence-corrected chi connectivity index (χ0v) is 11.2. The highest BCUT2D eigenvalue weighted by Gasteiger charge is 2.32. The van der Waals surface area contributed by atoms with Crippen LogP contribution >= 0.6 is 22.6 Å². The first kappa shape index (κ1) is 11.2. The lowest BCUT2D eigenvalue weighted by Gasteiger charge is -2.37. The van der Waals surface area contributed by atoms with Crippen LogP contribution in [0.25, 0.3) is 0 Å². The van der Waals surface area contributed by atoms with E-state index in [9.17, 15) is 0 Å². The van der Waals surface area contributed by atoms with Gasteiger partial charge >= 0.3 is 0 Å². The van der Waals surface area contributed by atoms with E-state index in [0.29, 0.717) is 12.5 Å². The molecule has 82 valence electrons. The maximum absolute atomic E-state index is 5.95. The smallest absolute Gasteiger partial charge is 0.123 e. The van der Waals surface area contributed by atoms with Crippen molar-refractivity contribution in [3.63, 3.8) is 0 Å². The molecule has 0 saturated carbocycles. The van der Waals surface area contributed by atoms with E-state index >= 15 is 0 Å². The fraction of sp³-hybridized carbons (Fsp3) is 0.500. The van der Waals surface area contributed by atoms with Crippen molar-refractivity contribution in [1.29, 1.82) is 0 Å². The van der Waals surface area contributed by atoms with Crippen molar-refractivity contribution in [2.24, 2.45) is 5.73 Å². The molecule has 0 spiro atoms. The number of hydrogen-bond acceptors (Lipinski definition) is 2. The van der Waals surface area contributed by atoms with Gasteiger partial charge in [0.25, 0.3) is 0 Å². The Bertz CT molecular complexity index is 376. The second-order valence-electron chi connectivity index (χ2n) is 4.68. The van der Waals surface area contributed by atoms with Crippen LogP contribution in [0.1, 0.15) is 31.7 Å². The molecule has 0 fully saturated rings. The van der Waals surface area contributed by atoms with Gasteiger partial charge in [0.05, 0.1) is 0 Å². The van der Waals surface area contributed by atoms with Crippen LogP contribution in [0.3, 0.4) is 0 Å². The van der Waals surface area contributed by atoms with Crippen molar-refractivity contribution >= 4 is 22.6 Å². The molecule has 0 radical (unpaired) electrons. The van der Waals surface area contributed by atoms with Crippen molar-refractivity contribution in [2.45, 2.75) is 31.8 Å². The first-order valence-electron chi connectivity index (χ1n) is 5.20. The quantitative estimate of drug-likeness (QED) is 0.809. The highest BCUT2D eigenvalue weighted by molar-refractivity contribution is 14.1. The molecule has 1 aliphatic heterocycles. The Kier molecular flexibility index (Phi) is 2.94. The van der Waals surface area contributed by atoms with Crippen LogP contribution in [0, 0.1) is 3.57 Å². The number of nitrogens with two attached hydrogens (primary N) is 1. The van der Waals surface area contributed by atoms with Crippen molar-refractivity contribution in [2.75, 3.05) is 6.54 Å². The van der Waals surface area contributed by atoms with E-state index in [1.807, 2.05) is 0 Å². The molecular weight excluding hydrogens is 301 g/mol. The fourth-order valence-electron chi connectivity index (χ4n) is 2.18. The fourth-order valence-corrected chi connectivity index (χ4v) is 2.70. The standard InChI is InChI=1S/C12H16INO/c1-12(2)6-8(7-14)10-5-9(13)3-4-11(10)15-12/h3-5,8H,6-7,14H2,1-2H3. The topological polar surface area (TPSA) is 35.2 Å². The summed E-state index contributed by atoms with van der Waals surface area (Å²) in [6, 6.07) is 6.32. The SMILES string of the molecule is CC1(C)CC(CN)c2cc(I)ccc2O1. The van der Waals surface area contributed by atoms with E-state index in [1.165, 1.54) is 9.13 Å². The molecule has 0 saturated heterocycles. The number of benzene rings is 1. The summed E-state index contributed by atoms with van der Waals surface area (Å²) in [4.78, 5) is 0. The van der Waals surface area contributed by atoms with Crippen LogP contribution in [0.4, 0.5) is 0 Å². The van der Waals surface area contributed by atoms with Gasteiger partial charge in [-0.15, -0.1) is 0 Å². The van der Waals surface area contributed by atoms with E-state index in [-0.39, 0.29) is 5.60 Å². The summed E-state index contributed by atoms with van der Waals surface area (Å²) in [6.07, 6.45) is 0.997. The van der Waals surface area contributed by atoms with Crippen LogP contribution in [0.2, 0.25) is 0 Å². The molecule has 0 aromatic heterocycles. The molecule has 1 aliphatic rings. The highest BCUT2D eigenvalue weighted by atomic mass is 127. The molecule has 1 atom stereocenters. The van der Waals surface area contributed by atoms with E-state index in [2.05, 4.69) is 54.6 Å². The summed E-state index contributed by atoms with van der Waals surface area (Å²) in [5.74, 6) is 1.43. The van der Waals surface area contributed by atoms with Crippen LogP contribution in [-0.2, 0) is 0 Å². The van der Waals surface area contributed by atoms with Gasteiger partial charge in [-0.3, -0.25) is 0 Å². The Balaban J connectivity index is 2.44. The monoisotopic (exact) mass is 317 g/mol. The van der Waals surface area contributed by atoms with E-state index in [0.717, 1.165) is 12.2 Å². The summed E-state index contributed by atoms with van der Waals surface area (Å²) in [7, 11) is 0. The van der Waals surface area contributed by atoms with Crippen molar-refractivity contribution in [1.82, 2.24) is 0 Å². The Labute approximate surface area is 104 Å². The lowest BCUT2D eigenvalue weighted by molar-refractivity contribution is 0.0731. The van der Waals surface area contributed by atoms with Crippen molar-refractivity contribution in [3.8, 4) is 5.75 Å². The Morgan fingerprint density at radius 3 is 2.93 bits per heavy atom. The number of hydrogen-bond donors (Lipinski definition) is 1. The lowest BCUT2D eigenvalue weighted by atomic mass is 9.84. The second-order valence-corrected chi connectivity index (χ2v) is 5.93. The minimum atomic E-state index is -0.0934. The molecule has 2 N–H and O–H groups in total. The van der Waals surface area contributed by atoms with E-state index < -0.39 is 0 Å². The Morgan fingerprint density at radius 2 is 2.27 bits per heavy atom. The number of ether oxygens (including phenoxy) is 1. The van der Waals surface area contributed by atoms with Gasteiger partial charge in [0, 0.05) is 9.49 Å². The summed E-state index contributed by atoms with van der Waals surface area (Å²) < 4.78 is 7.19. The highest BCUT2D eigenvalue weighted by Crippen LogP contribution is 2.40. The molecule has 1 aromatic rings. The second kappa shape index (κ2) is 3.94. The van der Waals surface area contributed by atoms with Gasteiger partial charge in [-0.05, 0) is 73.2 Å². The molecule has 1 unspecified atom stereocenters. The molecule has 1 aromatic carbocycles. The van der Waals surface area contributed by atoms with Gasteiger partial charge in [0.1, 0.15) is 11.4 Å². The average molecular weight is 317 g/mol. The van der Waals surface area contributed by atoms with E-state index in [4.69, 9.17) is 10.5 Å². The molecular formula is C12H16INO. The average Bonchev–Trinajstić information content (AvgIpc) is 2.16. The van der Waals surface area contributed by atoms with Gasteiger partial charge < -0.3 is 10.5 Å². The summed E-state index contributed by atoms with van der Waals surface area (Å²) in [5, 5.41) is 0.